The molecule has 0 spiro atoms. The Labute approximate surface area is 119 Å². The minimum atomic E-state index is 0.928. The van der Waals surface area contributed by atoms with Gasteiger partial charge in [-0.25, -0.2) is 0 Å². The third-order valence-electron chi connectivity index (χ3n) is 3.37. The van der Waals surface area contributed by atoms with E-state index in [4.69, 9.17) is 6.42 Å². The van der Waals surface area contributed by atoms with Crippen molar-refractivity contribution in [2.75, 3.05) is 0 Å². The van der Waals surface area contributed by atoms with E-state index < -0.39 is 0 Å². The van der Waals surface area contributed by atoms with Gasteiger partial charge in [-0.1, -0.05) is 78.7 Å². The summed E-state index contributed by atoms with van der Waals surface area (Å²) >= 11 is 0. The van der Waals surface area contributed by atoms with E-state index >= 15 is 0 Å². The van der Waals surface area contributed by atoms with Crippen LogP contribution in [0.25, 0.3) is 22.3 Å². The van der Waals surface area contributed by atoms with E-state index in [1.807, 2.05) is 48.5 Å². The molecule has 0 aliphatic heterocycles. The molecule has 0 heterocycles. The molecule has 0 N–H and O–H groups in total. The fourth-order valence-corrected chi connectivity index (χ4v) is 2.45. The summed E-state index contributed by atoms with van der Waals surface area (Å²) in [4.78, 5) is 0. The van der Waals surface area contributed by atoms with Crippen LogP contribution in [0.4, 0.5) is 0 Å². The highest BCUT2D eigenvalue weighted by molar-refractivity contribution is 5.87. The third-order valence-corrected chi connectivity index (χ3v) is 3.37. The maximum Gasteiger partial charge on any atom is 0.0327 e. The van der Waals surface area contributed by atoms with E-state index in [0.717, 1.165) is 16.7 Å². The van der Waals surface area contributed by atoms with Crippen LogP contribution in [0.1, 0.15) is 5.56 Å². The largest absolute Gasteiger partial charge is 0.115 e. The zero-order valence-corrected chi connectivity index (χ0v) is 11.1. The minimum Gasteiger partial charge on any atom is -0.115 e. The lowest BCUT2D eigenvalue weighted by molar-refractivity contribution is 1.56. The fraction of sp³-hybridized carbons (Fsp3) is 0. The summed E-state index contributed by atoms with van der Waals surface area (Å²) in [6.45, 7) is 0. The highest BCUT2D eigenvalue weighted by Gasteiger charge is 2.10. The topological polar surface area (TPSA) is 0 Å². The van der Waals surface area contributed by atoms with Gasteiger partial charge in [0.15, 0.2) is 0 Å². The number of terminal acetylenes is 1. The van der Waals surface area contributed by atoms with E-state index in [-0.39, 0.29) is 0 Å². The van der Waals surface area contributed by atoms with Gasteiger partial charge in [-0.3, -0.25) is 0 Å². The summed E-state index contributed by atoms with van der Waals surface area (Å²) < 4.78 is 0. The predicted octanol–water partition coefficient (Wildman–Crippen LogP) is 5.00. The van der Waals surface area contributed by atoms with Crippen LogP contribution < -0.4 is 0 Å². The first-order valence-corrected chi connectivity index (χ1v) is 6.60. The average molecular weight is 254 g/mol. The van der Waals surface area contributed by atoms with Crippen LogP contribution in [0.3, 0.4) is 0 Å². The first-order valence-electron chi connectivity index (χ1n) is 6.60. The molecule has 0 atom stereocenters. The highest BCUT2D eigenvalue weighted by atomic mass is 14.1. The van der Waals surface area contributed by atoms with Crippen molar-refractivity contribution >= 4 is 0 Å². The van der Waals surface area contributed by atoms with Crippen molar-refractivity contribution < 1.29 is 0 Å². The van der Waals surface area contributed by atoms with E-state index in [0.29, 0.717) is 0 Å². The quantitative estimate of drug-likeness (QED) is 0.564. The van der Waals surface area contributed by atoms with Gasteiger partial charge in [-0.15, -0.1) is 6.42 Å². The van der Waals surface area contributed by atoms with Crippen molar-refractivity contribution in [2.45, 2.75) is 0 Å². The van der Waals surface area contributed by atoms with Crippen LogP contribution in [-0.4, -0.2) is 0 Å². The standard InChI is InChI=1S/C20H14/c1-2-16-14-9-15-19(17-10-5-3-6-11-17)20(16)18-12-7-4-8-13-18/h1,3-15H. The molecule has 0 heteroatoms. The molecule has 0 fully saturated rings. The summed E-state index contributed by atoms with van der Waals surface area (Å²) in [5.41, 5.74) is 5.56. The average Bonchev–Trinajstić information content (AvgIpc) is 2.55. The Morgan fingerprint density at radius 3 is 1.80 bits per heavy atom. The Kier molecular flexibility index (Phi) is 3.35. The minimum absolute atomic E-state index is 0.928. The lowest BCUT2D eigenvalue weighted by Crippen LogP contribution is -1.89. The zero-order valence-electron chi connectivity index (χ0n) is 11.1. The number of hydrogen-bond acceptors (Lipinski definition) is 0. The predicted molar refractivity (Wildman–Crippen MR) is 85.2 cm³/mol. The molecular formula is C20H14. The van der Waals surface area contributed by atoms with Crippen LogP contribution in [0.5, 0.6) is 0 Å². The van der Waals surface area contributed by atoms with Crippen molar-refractivity contribution in [3.63, 3.8) is 0 Å². The monoisotopic (exact) mass is 254 g/mol. The second-order valence-corrected chi connectivity index (χ2v) is 4.60. The molecule has 3 aromatic carbocycles. The molecule has 0 aliphatic rings. The number of hydrogen-bond donors (Lipinski definition) is 0. The molecule has 0 amide bonds. The molecular weight excluding hydrogens is 240 g/mol. The molecule has 0 aromatic heterocycles. The van der Waals surface area contributed by atoms with Crippen LogP contribution in [0, 0.1) is 12.3 Å². The van der Waals surface area contributed by atoms with E-state index in [1.54, 1.807) is 0 Å². The van der Waals surface area contributed by atoms with Crippen LogP contribution in [0.15, 0.2) is 78.9 Å². The Hall–Kier alpha value is -2.78. The molecule has 0 saturated heterocycles. The molecule has 3 aromatic rings. The van der Waals surface area contributed by atoms with Gasteiger partial charge in [0.2, 0.25) is 0 Å². The second-order valence-electron chi connectivity index (χ2n) is 4.60. The maximum atomic E-state index is 5.68. The summed E-state index contributed by atoms with van der Waals surface area (Å²) in [6, 6.07) is 26.8. The van der Waals surface area contributed by atoms with Gasteiger partial charge < -0.3 is 0 Å². The van der Waals surface area contributed by atoms with Crippen LogP contribution >= 0.6 is 0 Å². The molecule has 0 saturated carbocycles. The summed E-state index contributed by atoms with van der Waals surface area (Å²) in [7, 11) is 0. The number of benzene rings is 3. The molecule has 0 bridgehead atoms. The third kappa shape index (κ3) is 2.22. The Morgan fingerprint density at radius 1 is 0.600 bits per heavy atom. The molecule has 0 aliphatic carbocycles. The highest BCUT2D eigenvalue weighted by Crippen LogP contribution is 2.34. The molecule has 0 nitrogen and oxygen atoms in total. The van der Waals surface area contributed by atoms with Crippen molar-refractivity contribution in [1.29, 1.82) is 0 Å². The lowest BCUT2D eigenvalue weighted by atomic mass is 9.91. The molecule has 94 valence electrons. The van der Waals surface area contributed by atoms with Crippen molar-refractivity contribution in [2.24, 2.45) is 0 Å². The number of rotatable bonds is 2. The van der Waals surface area contributed by atoms with E-state index in [1.165, 1.54) is 11.1 Å². The van der Waals surface area contributed by atoms with E-state index in [9.17, 15) is 0 Å². The maximum absolute atomic E-state index is 5.68. The van der Waals surface area contributed by atoms with Gasteiger partial charge in [-0.2, -0.15) is 0 Å². The first-order chi connectivity index (χ1) is 9.90. The normalized spacial score (nSPS) is 9.95. The molecule has 3 rings (SSSR count). The summed E-state index contributed by atoms with van der Waals surface area (Å²) in [5, 5.41) is 0. The Bertz CT molecular complexity index is 747. The van der Waals surface area contributed by atoms with Crippen molar-refractivity contribution in [3.8, 4) is 34.6 Å². The molecule has 0 radical (unpaired) electrons. The summed E-state index contributed by atoms with van der Waals surface area (Å²) in [5.74, 6) is 2.80. The first kappa shape index (κ1) is 12.3. The van der Waals surface area contributed by atoms with Crippen LogP contribution in [0.2, 0.25) is 0 Å². The molecule has 20 heavy (non-hydrogen) atoms. The Balaban J connectivity index is 2.30. The van der Waals surface area contributed by atoms with Crippen molar-refractivity contribution in [1.82, 2.24) is 0 Å². The van der Waals surface area contributed by atoms with E-state index in [2.05, 4.69) is 36.3 Å². The van der Waals surface area contributed by atoms with Crippen molar-refractivity contribution in [3.05, 3.63) is 84.4 Å². The zero-order chi connectivity index (χ0) is 13.8. The fourth-order valence-electron chi connectivity index (χ4n) is 2.45. The second kappa shape index (κ2) is 5.47. The lowest BCUT2D eigenvalue weighted by Gasteiger charge is -2.12. The van der Waals surface area contributed by atoms with Crippen LogP contribution in [-0.2, 0) is 0 Å². The van der Waals surface area contributed by atoms with Gasteiger partial charge in [0.1, 0.15) is 0 Å². The Morgan fingerprint density at radius 2 is 1.20 bits per heavy atom. The smallest absolute Gasteiger partial charge is 0.0327 e. The van der Waals surface area contributed by atoms with Gasteiger partial charge in [-0.05, 0) is 22.8 Å². The SMILES string of the molecule is C#Cc1cccc(-c2ccccc2)c1-c1ccccc1. The van der Waals surface area contributed by atoms with Gasteiger partial charge in [0.25, 0.3) is 0 Å². The van der Waals surface area contributed by atoms with Gasteiger partial charge in [0.05, 0.1) is 0 Å². The summed E-state index contributed by atoms with van der Waals surface area (Å²) in [6.07, 6.45) is 5.68. The molecule has 0 unspecified atom stereocenters. The van der Waals surface area contributed by atoms with Gasteiger partial charge >= 0.3 is 0 Å². The van der Waals surface area contributed by atoms with Gasteiger partial charge in [0, 0.05) is 11.1 Å².